The summed E-state index contributed by atoms with van der Waals surface area (Å²) in [5.41, 5.74) is 6.36. The smallest absolute Gasteiger partial charge is 0.0380 e. The van der Waals surface area contributed by atoms with Crippen molar-refractivity contribution in [1.29, 1.82) is 0 Å². The summed E-state index contributed by atoms with van der Waals surface area (Å²) in [7, 11) is 3.97. The van der Waals surface area contributed by atoms with Crippen molar-refractivity contribution in [2.75, 3.05) is 24.7 Å². The summed E-state index contributed by atoms with van der Waals surface area (Å²) in [6.45, 7) is 2.14. The number of rotatable bonds is 4. The molecule has 3 aromatic rings. The average molecular weight is 290 g/mol. The highest BCUT2D eigenvalue weighted by Crippen LogP contribution is 2.30. The third-order valence-corrected chi connectivity index (χ3v) is 4.21. The lowest BCUT2D eigenvalue weighted by Crippen LogP contribution is -2.01. The van der Waals surface area contributed by atoms with Crippen LogP contribution in [-0.2, 0) is 6.42 Å². The van der Waals surface area contributed by atoms with Gasteiger partial charge in [-0.05, 0) is 41.0 Å². The van der Waals surface area contributed by atoms with Crippen molar-refractivity contribution in [2.24, 2.45) is 0 Å². The molecule has 0 amide bonds. The molecule has 0 aliphatic heterocycles. The molecule has 0 unspecified atom stereocenters. The number of anilines is 2. The van der Waals surface area contributed by atoms with Crippen molar-refractivity contribution in [3.05, 3.63) is 71.3 Å². The van der Waals surface area contributed by atoms with Crippen LogP contribution in [0.4, 0.5) is 11.4 Å². The summed E-state index contributed by atoms with van der Waals surface area (Å²) in [5, 5.41) is 9.25. The third kappa shape index (κ3) is 2.64. The van der Waals surface area contributed by atoms with E-state index in [9.17, 15) is 0 Å². The molecule has 0 radical (unpaired) electrons. The second-order valence-corrected chi connectivity index (χ2v) is 5.65. The Morgan fingerprint density at radius 2 is 1.55 bits per heavy atom. The lowest BCUT2D eigenvalue weighted by Gasteiger charge is -2.16. The maximum atomic E-state index is 3.34. The van der Waals surface area contributed by atoms with Gasteiger partial charge in [0.2, 0.25) is 0 Å². The van der Waals surface area contributed by atoms with Gasteiger partial charge in [0.15, 0.2) is 0 Å². The number of hydrogen-bond acceptors (Lipinski definition) is 2. The fourth-order valence-electron chi connectivity index (χ4n) is 3.06. The number of nitrogens with one attached hydrogen (secondary N) is 2. The summed E-state index contributed by atoms with van der Waals surface area (Å²) in [6, 6.07) is 19.5. The Labute approximate surface area is 132 Å². The summed E-state index contributed by atoms with van der Waals surface area (Å²) in [4.78, 5) is 0. The molecule has 0 aliphatic rings. The molecule has 0 aliphatic carbocycles. The number of aryl methyl sites for hydroxylation is 1. The highest BCUT2D eigenvalue weighted by atomic mass is 14.8. The quantitative estimate of drug-likeness (QED) is 0.719. The van der Waals surface area contributed by atoms with Crippen LogP contribution < -0.4 is 10.6 Å². The second kappa shape index (κ2) is 6.10. The zero-order chi connectivity index (χ0) is 15.5. The lowest BCUT2D eigenvalue weighted by atomic mass is 9.95. The van der Waals surface area contributed by atoms with E-state index in [4.69, 9.17) is 0 Å². The predicted molar refractivity (Wildman–Crippen MR) is 97.0 cm³/mol. The Balaban J connectivity index is 2.16. The maximum absolute atomic E-state index is 3.34. The lowest BCUT2D eigenvalue weighted by molar-refractivity contribution is 1.19. The van der Waals surface area contributed by atoms with Crippen LogP contribution in [0.25, 0.3) is 10.8 Å². The molecule has 0 saturated heterocycles. The zero-order valence-electron chi connectivity index (χ0n) is 13.4. The van der Waals surface area contributed by atoms with Crippen LogP contribution in [0, 0.1) is 6.92 Å². The van der Waals surface area contributed by atoms with Crippen LogP contribution in [-0.4, -0.2) is 14.1 Å². The molecule has 3 rings (SSSR count). The molecule has 0 atom stereocenters. The minimum atomic E-state index is 0.912. The first kappa shape index (κ1) is 14.5. The van der Waals surface area contributed by atoms with Gasteiger partial charge in [-0.2, -0.15) is 0 Å². The Bertz CT molecular complexity index is 806. The fourth-order valence-corrected chi connectivity index (χ4v) is 3.06. The molecule has 2 heteroatoms. The molecule has 2 nitrogen and oxygen atoms in total. The molecule has 3 aromatic carbocycles. The van der Waals surface area contributed by atoms with Crippen molar-refractivity contribution in [1.82, 2.24) is 0 Å². The van der Waals surface area contributed by atoms with Crippen molar-refractivity contribution < 1.29 is 0 Å². The second-order valence-electron chi connectivity index (χ2n) is 5.65. The molecular formula is C20H22N2. The molecule has 0 bridgehead atoms. The van der Waals surface area contributed by atoms with Gasteiger partial charge in [-0.3, -0.25) is 0 Å². The Morgan fingerprint density at radius 1 is 0.818 bits per heavy atom. The fraction of sp³-hybridized carbons (Fsp3) is 0.200. The topological polar surface area (TPSA) is 24.1 Å². The minimum absolute atomic E-state index is 0.912. The van der Waals surface area contributed by atoms with E-state index >= 15 is 0 Å². The Kier molecular flexibility index (Phi) is 4.01. The first-order chi connectivity index (χ1) is 10.7. The van der Waals surface area contributed by atoms with Gasteiger partial charge >= 0.3 is 0 Å². The third-order valence-electron chi connectivity index (χ3n) is 4.21. The SMILES string of the molecule is CNc1ccc(C)cc1Cc1c(NC)ccc2ccccc12. The van der Waals surface area contributed by atoms with E-state index in [0.29, 0.717) is 0 Å². The van der Waals surface area contributed by atoms with Gasteiger partial charge in [0.25, 0.3) is 0 Å². The van der Waals surface area contributed by atoms with E-state index in [0.717, 1.165) is 6.42 Å². The van der Waals surface area contributed by atoms with Crippen LogP contribution in [0.2, 0.25) is 0 Å². The first-order valence-electron chi connectivity index (χ1n) is 7.68. The molecule has 22 heavy (non-hydrogen) atoms. The Hall–Kier alpha value is -2.48. The van der Waals surface area contributed by atoms with E-state index in [1.165, 1.54) is 38.8 Å². The first-order valence-corrected chi connectivity index (χ1v) is 7.68. The van der Waals surface area contributed by atoms with E-state index in [1.54, 1.807) is 0 Å². The van der Waals surface area contributed by atoms with Gasteiger partial charge in [-0.1, -0.05) is 48.0 Å². The summed E-state index contributed by atoms with van der Waals surface area (Å²) in [5.74, 6) is 0. The van der Waals surface area contributed by atoms with Gasteiger partial charge < -0.3 is 10.6 Å². The van der Waals surface area contributed by atoms with Crippen molar-refractivity contribution >= 4 is 22.1 Å². The predicted octanol–water partition coefficient (Wildman–Crippen LogP) is 4.82. The van der Waals surface area contributed by atoms with E-state index in [-0.39, 0.29) is 0 Å². The number of hydrogen-bond donors (Lipinski definition) is 2. The van der Waals surface area contributed by atoms with Gasteiger partial charge in [0.1, 0.15) is 0 Å². The molecular weight excluding hydrogens is 268 g/mol. The molecule has 0 spiro atoms. The zero-order valence-corrected chi connectivity index (χ0v) is 13.4. The van der Waals surface area contributed by atoms with E-state index in [1.807, 2.05) is 14.1 Å². The minimum Gasteiger partial charge on any atom is -0.388 e. The standard InChI is InChI=1S/C20H22N2/c1-14-8-10-19(21-2)16(12-14)13-18-17-7-5-4-6-15(17)9-11-20(18)22-3/h4-12,21-22H,13H2,1-3H3. The monoisotopic (exact) mass is 290 g/mol. The maximum Gasteiger partial charge on any atom is 0.0380 e. The molecule has 112 valence electrons. The van der Waals surface area contributed by atoms with Gasteiger partial charge in [-0.15, -0.1) is 0 Å². The normalized spacial score (nSPS) is 10.7. The summed E-state index contributed by atoms with van der Waals surface area (Å²) < 4.78 is 0. The van der Waals surface area contributed by atoms with Crippen molar-refractivity contribution in [3.63, 3.8) is 0 Å². The largest absolute Gasteiger partial charge is 0.388 e. The number of fused-ring (bicyclic) bond motifs is 1. The molecule has 0 heterocycles. The van der Waals surface area contributed by atoms with E-state index in [2.05, 4.69) is 72.2 Å². The van der Waals surface area contributed by atoms with Crippen LogP contribution in [0.1, 0.15) is 16.7 Å². The molecule has 0 aromatic heterocycles. The van der Waals surface area contributed by atoms with Crippen LogP contribution in [0.5, 0.6) is 0 Å². The van der Waals surface area contributed by atoms with Gasteiger partial charge in [0.05, 0.1) is 0 Å². The highest BCUT2D eigenvalue weighted by molar-refractivity contribution is 5.90. The Morgan fingerprint density at radius 3 is 2.32 bits per heavy atom. The highest BCUT2D eigenvalue weighted by Gasteiger charge is 2.10. The van der Waals surface area contributed by atoms with Crippen LogP contribution in [0.3, 0.4) is 0 Å². The summed E-state index contributed by atoms with van der Waals surface area (Å²) in [6.07, 6.45) is 0.912. The molecule has 0 fully saturated rings. The summed E-state index contributed by atoms with van der Waals surface area (Å²) >= 11 is 0. The van der Waals surface area contributed by atoms with Gasteiger partial charge in [0, 0.05) is 31.9 Å². The van der Waals surface area contributed by atoms with Crippen molar-refractivity contribution in [3.8, 4) is 0 Å². The number of benzene rings is 3. The van der Waals surface area contributed by atoms with Crippen molar-refractivity contribution in [2.45, 2.75) is 13.3 Å². The van der Waals surface area contributed by atoms with Crippen LogP contribution >= 0.6 is 0 Å². The average Bonchev–Trinajstić information content (AvgIpc) is 2.55. The van der Waals surface area contributed by atoms with Crippen LogP contribution in [0.15, 0.2) is 54.6 Å². The van der Waals surface area contributed by atoms with Gasteiger partial charge in [-0.25, -0.2) is 0 Å². The molecule has 0 saturated carbocycles. The van der Waals surface area contributed by atoms with E-state index < -0.39 is 0 Å². The molecule has 2 N–H and O–H groups in total.